The monoisotopic (exact) mass is 440 g/mol. The first-order valence-electron chi connectivity index (χ1n) is 8.91. The minimum Gasteiger partial charge on any atom is -0.383 e. The van der Waals surface area contributed by atoms with Gasteiger partial charge in [0.1, 0.15) is 17.3 Å². The van der Waals surface area contributed by atoms with Crippen molar-refractivity contribution < 1.29 is 4.39 Å². The van der Waals surface area contributed by atoms with Gasteiger partial charge in [0.15, 0.2) is 0 Å². The minimum absolute atomic E-state index is 0.149. The first kappa shape index (κ1) is 21.2. The predicted molar refractivity (Wildman–Crippen MR) is 111 cm³/mol. The summed E-state index contributed by atoms with van der Waals surface area (Å²) in [7, 11) is 0. The third-order valence-corrected chi connectivity index (χ3v) is 4.78. The molecule has 0 spiro atoms. The molecule has 0 aliphatic rings. The van der Waals surface area contributed by atoms with Crippen LogP contribution in [-0.4, -0.2) is 16.1 Å². The van der Waals surface area contributed by atoms with Crippen molar-refractivity contribution in [1.82, 2.24) is 9.55 Å². The molecule has 0 saturated heterocycles. The molecule has 8 heteroatoms. The fourth-order valence-corrected chi connectivity index (χ4v) is 3.44. The fraction of sp³-hybridized carbons (Fsp3) is 0.474. The molecule has 0 unspecified atom stereocenters. The maximum atomic E-state index is 13.4. The highest BCUT2D eigenvalue weighted by Crippen LogP contribution is 2.25. The number of nitrogens with zero attached hydrogens (tertiary/aromatic N) is 2. The molecule has 0 radical (unpaired) electrons. The summed E-state index contributed by atoms with van der Waals surface area (Å²) < 4.78 is 15.4. The lowest BCUT2D eigenvalue weighted by Crippen LogP contribution is -2.40. The van der Waals surface area contributed by atoms with E-state index in [2.05, 4.69) is 20.9 Å². The van der Waals surface area contributed by atoms with Crippen molar-refractivity contribution in [3.8, 4) is 0 Å². The van der Waals surface area contributed by atoms with E-state index in [-0.39, 0.29) is 29.2 Å². The molecule has 0 aliphatic heterocycles. The number of rotatable bonds is 7. The summed E-state index contributed by atoms with van der Waals surface area (Å²) in [5.74, 6) is 0.238. The van der Waals surface area contributed by atoms with Crippen LogP contribution in [0.15, 0.2) is 32.3 Å². The average molecular weight is 441 g/mol. The molecule has 2 rings (SSSR count). The van der Waals surface area contributed by atoms with Crippen LogP contribution in [0.1, 0.15) is 33.3 Å². The van der Waals surface area contributed by atoms with Crippen LogP contribution >= 0.6 is 15.9 Å². The smallest absolute Gasteiger partial charge is 0.330 e. The maximum Gasteiger partial charge on any atom is 0.330 e. The topological polar surface area (TPSA) is 84.1 Å². The van der Waals surface area contributed by atoms with Gasteiger partial charge in [-0.25, -0.2) is 9.18 Å². The Bertz CT molecular complexity index is 921. The molecule has 0 saturated carbocycles. The third-order valence-electron chi connectivity index (χ3n) is 4.04. The summed E-state index contributed by atoms with van der Waals surface area (Å²) in [5.41, 5.74) is 6.31. The van der Waals surface area contributed by atoms with Gasteiger partial charge in [-0.2, -0.15) is 0 Å². The van der Waals surface area contributed by atoms with Gasteiger partial charge >= 0.3 is 5.69 Å². The van der Waals surface area contributed by atoms with Crippen LogP contribution in [0.2, 0.25) is 0 Å². The first-order chi connectivity index (χ1) is 12.6. The zero-order valence-corrected chi connectivity index (χ0v) is 17.6. The average Bonchev–Trinajstić information content (AvgIpc) is 2.53. The number of hydrogen-bond acceptors (Lipinski definition) is 4. The molecule has 1 aromatic carbocycles. The van der Waals surface area contributed by atoms with Crippen LogP contribution in [0.4, 0.5) is 15.9 Å². The van der Waals surface area contributed by atoms with Crippen molar-refractivity contribution in [3.63, 3.8) is 0 Å². The standard InChI is InChI=1S/C19H26BrFN4O2/c1-11(2)8-24(10-13-5-6-14(21)7-15(13)20)16-17(22)25(9-12(3)4)19(27)23-18(16)26/h5-7,11-12H,8-10,22H2,1-4H3,(H,23,26,27). The number of hydrogen-bond donors (Lipinski definition) is 2. The van der Waals surface area contributed by atoms with E-state index in [0.29, 0.717) is 24.1 Å². The molecule has 27 heavy (non-hydrogen) atoms. The van der Waals surface area contributed by atoms with Gasteiger partial charge in [-0.15, -0.1) is 0 Å². The van der Waals surface area contributed by atoms with Gasteiger partial charge in [-0.05, 0) is 29.5 Å². The summed E-state index contributed by atoms with van der Waals surface area (Å²) in [6.07, 6.45) is 0. The van der Waals surface area contributed by atoms with E-state index in [1.54, 1.807) is 6.07 Å². The van der Waals surface area contributed by atoms with Crippen molar-refractivity contribution in [2.45, 2.75) is 40.8 Å². The van der Waals surface area contributed by atoms with Crippen LogP contribution in [0.25, 0.3) is 0 Å². The molecule has 0 fully saturated rings. The maximum absolute atomic E-state index is 13.4. The second-order valence-corrected chi connectivity index (χ2v) is 8.36. The van der Waals surface area contributed by atoms with Gasteiger partial charge in [0.05, 0.1) is 0 Å². The Morgan fingerprint density at radius 2 is 1.89 bits per heavy atom. The van der Waals surface area contributed by atoms with Crippen LogP contribution in [0, 0.1) is 17.7 Å². The van der Waals surface area contributed by atoms with Crippen molar-refractivity contribution in [2.24, 2.45) is 11.8 Å². The number of nitrogen functional groups attached to an aromatic ring is 1. The highest BCUT2D eigenvalue weighted by Gasteiger charge is 2.21. The predicted octanol–water partition coefficient (Wildman–Crippen LogP) is 3.34. The molecule has 3 N–H and O–H groups in total. The number of nitrogens with two attached hydrogens (primary N) is 1. The molecule has 2 aromatic rings. The lowest BCUT2D eigenvalue weighted by Gasteiger charge is -2.28. The van der Waals surface area contributed by atoms with Gasteiger partial charge in [0.25, 0.3) is 5.56 Å². The number of H-pyrrole nitrogens is 1. The second-order valence-electron chi connectivity index (χ2n) is 7.51. The SMILES string of the molecule is CC(C)CN(Cc1ccc(F)cc1Br)c1c(N)n(CC(C)C)c(=O)[nH]c1=O. The number of benzene rings is 1. The van der Waals surface area contributed by atoms with Crippen LogP contribution in [0.3, 0.4) is 0 Å². The Balaban J connectivity index is 2.56. The molecule has 0 atom stereocenters. The van der Waals surface area contributed by atoms with E-state index in [4.69, 9.17) is 5.73 Å². The summed E-state index contributed by atoms with van der Waals surface area (Å²) in [6, 6.07) is 4.43. The van der Waals surface area contributed by atoms with Crippen LogP contribution < -0.4 is 21.9 Å². The molecular weight excluding hydrogens is 415 g/mol. The van der Waals surface area contributed by atoms with Gasteiger partial charge in [-0.3, -0.25) is 14.3 Å². The molecule has 6 nitrogen and oxygen atoms in total. The van der Waals surface area contributed by atoms with Gasteiger partial charge in [0.2, 0.25) is 0 Å². The highest BCUT2D eigenvalue weighted by molar-refractivity contribution is 9.10. The van der Waals surface area contributed by atoms with Crippen molar-refractivity contribution in [3.05, 3.63) is 54.9 Å². The van der Waals surface area contributed by atoms with Crippen LogP contribution in [-0.2, 0) is 13.1 Å². The number of nitrogens with one attached hydrogen (secondary N) is 1. The number of aromatic nitrogens is 2. The van der Waals surface area contributed by atoms with E-state index in [9.17, 15) is 14.0 Å². The van der Waals surface area contributed by atoms with E-state index >= 15 is 0 Å². The summed E-state index contributed by atoms with van der Waals surface area (Å²) in [4.78, 5) is 29.0. The van der Waals surface area contributed by atoms with E-state index in [1.807, 2.05) is 32.6 Å². The third kappa shape index (κ3) is 5.22. The quantitative estimate of drug-likeness (QED) is 0.691. The van der Waals surface area contributed by atoms with Gasteiger partial charge in [-0.1, -0.05) is 49.7 Å². The lowest BCUT2D eigenvalue weighted by atomic mass is 10.1. The summed E-state index contributed by atoms with van der Waals surface area (Å²) in [6.45, 7) is 9.31. The normalized spacial score (nSPS) is 11.4. The van der Waals surface area contributed by atoms with Gasteiger partial charge < -0.3 is 10.6 Å². The Hall–Kier alpha value is -2.09. The Kier molecular flexibility index (Phi) is 6.86. The fourth-order valence-electron chi connectivity index (χ4n) is 2.96. The highest BCUT2D eigenvalue weighted by atomic mass is 79.9. The van der Waals surface area contributed by atoms with E-state index in [1.165, 1.54) is 16.7 Å². The molecule has 1 aromatic heterocycles. The van der Waals surface area contributed by atoms with Crippen molar-refractivity contribution in [2.75, 3.05) is 17.2 Å². The van der Waals surface area contributed by atoms with E-state index < -0.39 is 11.2 Å². The van der Waals surface area contributed by atoms with E-state index in [0.717, 1.165) is 5.56 Å². The summed E-state index contributed by atoms with van der Waals surface area (Å²) in [5, 5.41) is 0. The Labute approximate surface area is 166 Å². The Morgan fingerprint density at radius 1 is 1.22 bits per heavy atom. The van der Waals surface area contributed by atoms with Crippen molar-refractivity contribution >= 4 is 27.4 Å². The zero-order chi connectivity index (χ0) is 20.3. The molecule has 0 aliphatic carbocycles. The lowest BCUT2D eigenvalue weighted by molar-refractivity contribution is 0.505. The largest absolute Gasteiger partial charge is 0.383 e. The van der Waals surface area contributed by atoms with Crippen LogP contribution in [0.5, 0.6) is 0 Å². The van der Waals surface area contributed by atoms with Gasteiger partial charge in [0, 0.05) is 24.1 Å². The first-order valence-corrected chi connectivity index (χ1v) is 9.70. The zero-order valence-electron chi connectivity index (χ0n) is 16.1. The second kappa shape index (κ2) is 8.73. The summed E-state index contributed by atoms with van der Waals surface area (Å²) >= 11 is 3.37. The molecule has 1 heterocycles. The van der Waals surface area contributed by atoms with Crippen molar-refractivity contribution in [1.29, 1.82) is 0 Å². The molecule has 0 amide bonds. The number of halogens is 2. The number of anilines is 2. The molecule has 148 valence electrons. The minimum atomic E-state index is -0.517. The Morgan fingerprint density at radius 3 is 2.44 bits per heavy atom. The molecular formula is C19H26BrFN4O2. The number of aromatic amines is 1. The molecule has 0 bridgehead atoms.